The zero-order valence-corrected chi connectivity index (χ0v) is 17.1. The topological polar surface area (TPSA) is 35.5 Å². The van der Waals surface area contributed by atoms with Crippen LogP contribution >= 0.6 is 23.2 Å². The largest absolute Gasteiger partial charge is 0.489 e. The lowest BCUT2D eigenvalue weighted by Crippen LogP contribution is -2.09. The minimum atomic E-state index is -2.26. The smallest absolute Gasteiger partial charge is 0.231 e. The first kappa shape index (κ1) is 22.1. The molecule has 0 unspecified atom stereocenters. The first-order valence-corrected chi connectivity index (χ1v) is 9.59. The fourth-order valence-electron chi connectivity index (χ4n) is 2.94. The van der Waals surface area contributed by atoms with Gasteiger partial charge in [0.15, 0.2) is 29.0 Å². The van der Waals surface area contributed by atoms with Crippen LogP contribution in [0.2, 0.25) is 10.0 Å². The molecule has 0 atom stereocenters. The van der Waals surface area contributed by atoms with Crippen molar-refractivity contribution in [1.29, 1.82) is 0 Å². The number of carbonyl (C=O) groups excluding carboxylic acids is 1. The number of hydrogen-bond donors (Lipinski definition) is 0. The number of benzene rings is 3. The van der Waals surface area contributed by atoms with E-state index < -0.39 is 47.0 Å². The van der Waals surface area contributed by atoms with E-state index >= 15 is 0 Å². The second-order valence-electron chi connectivity index (χ2n) is 6.61. The highest BCUT2D eigenvalue weighted by molar-refractivity contribution is 6.42. The minimum absolute atomic E-state index is 0.0173. The van der Waals surface area contributed by atoms with Gasteiger partial charge in [0.05, 0.1) is 21.2 Å². The Morgan fingerprint density at radius 1 is 0.844 bits per heavy atom. The van der Waals surface area contributed by atoms with E-state index in [-0.39, 0.29) is 27.8 Å². The molecular weight excluding hydrogens is 478 g/mol. The molecule has 1 heterocycles. The van der Waals surface area contributed by atoms with Crippen molar-refractivity contribution in [3.63, 3.8) is 0 Å². The molecule has 32 heavy (non-hydrogen) atoms. The summed E-state index contributed by atoms with van der Waals surface area (Å²) >= 11 is 11.8. The Kier molecular flexibility index (Phi) is 5.83. The van der Waals surface area contributed by atoms with Crippen molar-refractivity contribution in [3.8, 4) is 11.5 Å². The number of allylic oxidation sites excluding steroid dienone is 1. The van der Waals surface area contributed by atoms with Gasteiger partial charge < -0.3 is 9.47 Å². The zero-order chi connectivity index (χ0) is 23.2. The molecule has 0 spiro atoms. The first-order valence-electron chi connectivity index (χ1n) is 8.84. The molecule has 164 valence electrons. The van der Waals surface area contributed by atoms with Crippen molar-refractivity contribution in [3.05, 3.63) is 98.0 Å². The Morgan fingerprint density at radius 3 is 2.16 bits per heavy atom. The molecule has 3 aromatic carbocycles. The van der Waals surface area contributed by atoms with E-state index in [1.54, 1.807) is 12.1 Å². The highest BCUT2D eigenvalue weighted by Crippen LogP contribution is 2.36. The maximum atomic E-state index is 13.8. The second kappa shape index (κ2) is 8.44. The Balaban J connectivity index is 1.56. The molecule has 4 rings (SSSR count). The van der Waals surface area contributed by atoms with Crippen LogP contribution in [0.15, 0.2) is 42.2 Å². The Bertz CT molecular complexity index is 1280. The number of Topliss-reactive ketones (excluding diaryl/α,β-unsaturated/α-hetero) is 1. The summed E-state index contributed by atoms with van der Waals surface area (Å²) in [5.74, 6) is -10.7. The van der Waals surface area contributed by atoms with Crippen LogP contribution in [0, 0.1) is 29.1 Å². The second-order valence-corrected chi connectivity index (χ2v) is 7.42. The van der Waals surface area contributed by atoms with E-state index in [9.17, 15) is 26.7 Å². The Hall–Kier alpha value is -3.10. The number of rotatable bonds is 4. The highest BCUT2D eigenvalue weighted by Gasteiger charge is 2.29. The van der Waals surface area contributed by atoms with Gasteiger partial charge in [-0.05, 0) is 35.9 Å². The Morgan fingerprint density at radius 2 is 1.50 bits per heavy atom. The first-order chi connectivity index (χ1) is 15.2. The van der Waals surface area contributed by atoms with E-state index in [0.29, 0.717) is 10.6 Å². The van der Waals surface area contributed by atoms with Crippen LogP contribution in [-0.4, -0.2) is 5.78 Å². The monoisotopic (exact) mass is 486 g/mol. The molecule has 0 amide bonds. The van der Waals surface area contributed by atoms with Crippen molar-refractivity contribution in [2.45, 2.75) is 6.61 Å². The van der Waals surface area contributed by atoms with Crippen LogP contribution in [0.4, 0.5) is 22.0 Å². The number of fused-ring (bicyclic) bond motifs is 1. The van der Waals surface area contributed by atoms with E-state index in [4.69, 9.17) is 32.7 Å². The molecule has 1 aliphatic heterocycles. The van der Waals surface area contributed by atoms with Gasteiger partial charge in [-0.1, -0.05) is 29.3 Å². The fourth-order valence-corrected chi connectivity index (χ4v) is 3.25. The molecule has 0 radical (unpaired) electrons. The van der Waals surface area contributed by atoms with Gasteiger partial charge in [0.25, 0.3) is 0 Å². The van der Waals surface area contributed by atoms with Crippen LogP contribution in [0.5, 0.6) is 11.5 Å². The molecular formula is C22H9Cl2F5O3. The molecule has 0 fully saturated rings. The molecule has 0 saturated heterocycles. The van der Waals surface area contributed by atoms with Crippen molar-refractivity contribution in [1.82, 2.24) is 0 Å². The van der Waals surface area contributed by atoms with Crippen LogP contribution in [0.25, 0.3) is 6.08 Å². The third kappa shape index (κ3) is 3.91. The number of ether oxygens (including phenoxy) is 2. The maximum Gasteiger partial charge on any atom is 0.231 e. The number of hydrogen-bond acceptors (Lipinski definition) is 3. The van der Waals surface area contributed by atoms with E-state index in [1.807, 2.05) is 0 Å². The molecule has 1 aliphatic rings. The van der Waals surface area contributed by atoms with E-state index in [0.717, 1.165) is 0 Å². The van der Waals surface area contributed by atoms with Crippen LogP contribution in [-0.2, 0) is 6.61 Å². The summed E-state index contributed by atoms with van der Waals surface area (Å²) in [5.41, 5.74) is -0.377. The average molecular weight is 487 g/mol. The summed E-state index contributed by atoms with van der Waals surface area (Å²) < 4.78 is 78.1. The summed E-state index contributed by atoms with van der Waals surface area (Å²) in [6.07, 6.45) is 1.44. The Labute approximate surface area is 187 Å². The number of carbonyl (C=O) groups is 1. The molecule has 3 aromatic rings. The van der Waals surface area contributed by atoms with Gasteiger partial charge in [0, 0.05) is 6.07 Å². The minimum Gasteiger partial charge on any atom is -0.489 e. The third-order valence-electron chi connectivity index (χ3n) is 4.57. The summed E-state index contributed by atoms with van der Waals surface area (Å²) in [6, 6.07) is 8.62. The van der Waals surface area contributed by atoms with Gasteiger partial charge in [-0.2, -0.15) is 0 Å². The van der Waals surface area contributed by atoms with Gasteiger partial charge in [0.2, 0.25) is 11.6 Å². The quantitative estimate of drug-likeness (QED) is 0.174. The lowest BCUT2D eigenvalue weighted by atomic mass is 10.1. The molecule has 3 nitrogen and oxygen atoms in total. The fraction of sp³-hybridized carbons (Fsp3) is 0.0455. The van der Waals surface area contributed by atoms with E-state index in [1.165, 1.54) is 30.3 Å². The SMILES string of the molecule is O=C1/C(=C/c2ccc(Cl)c(Cl)c2)Oc2cc(OCc3c(F)c(F)c(F)c(F)c3F)ccc21. The highest BCUT2D eigenvalue weighted by atomic mass is 35.5. The predicted octanol–water partition coefficient (Wildman–Crippen LogP) is 6.88. The van der Waals surface area contributed by atoms with Crippen LogP contribution in [0.3, 0.4) is 0 Å². The van der Waals surface area contributed by atoms with Gasteiger partial charge >= 0.3 is 0 Å². The summed E-state index contributed by atoms with van der Waals surface area (Å²) in [4.78, 5) is 12.5. The lowest BCUT2D eigenvalue weighted by Gasteiger charge is -2.10. The van der Waals surface area contributed by atoms with E-state index in [2.05, 4.69) is 0 Å². The third-order valence-corrected chi connectivity index (χ3v) is 5.31. The summed E-state index contributed by atoms with van der Waals surface area (Å²) in [7, 11) is 0. The average Bonchev–Trinajstić information content (AvgIpc) is 3.08. The van der Waals surface area contributed by atoms with Crippen molar-refractivity contribution in [2.75, 3.05) is 0 Å². The van der Waals surface area contributed by atoms with Gasteiger partial charge in [0.1, 0.15) is 18.1 Å². The van der Waals surface area contributed by atoms with Gasteiger partial charge in [-0.25, -0.2) is 22.0 Å². The molecule has 0 aromatic heterocycles. The molecule has 0 saturated carbocycles. The van der Waals surface area contributed by atoms with Gasteiger partial charge in [-0.3, -0.25) is 4.79 Å². The van der Waals surface area contributed by atoms with Crippen molar-refractivity contribution >= 4 is 35.1 Å². The predicted molar refractivity (Wildman–Crippen MR) is 106 cm³/mol. The molecule has 10 heteroatoms. The lowest BCUT2D eigenvalue weighted by molar-refractivity contribution is 0.101. The van der Waals surface area contributed by atoms with Crippen LogP contribution in [0.1, 0.15) is 21.5 Å². The maximum absolute atomic E-state index is 13.8. The van der Waals surface area contributed by atoms with Crippen molar-refractivity contribution in [2.24, 2.45) is 0 Å². The summed E-state index contributed by atoms with van der Waals surface area (Å²) in [5, 5.41) is 0.624. The summed E-state index contributed by atoms with van der Waals surface area (Å²) in [6.45, 7) is -0.940. The number of halogens is 7. The molecule has 0 bridgehead atoms. The molecule has 0 aliphatic carbocycles. The standard InChI is InChI=1S/C22H9Cl2F5O3/c23-13-4-1-9(5-14(13)24)6-16-22(30)11-3-2-10(7-15(11)32-16)31-8-12-17(25)19(27)21(29)20(28)18(12)26/h1-7H,8H2/b16-6-. The zero-order valence-electron chi connectivity index (χ0n) is 15.6. The molecule has 0 N–H and O–H groups in total. The van der Waals surface area contributed by atoms with Crippen LogP contribution < -0.4 is 9.47 Å². The number of ketones is 1. The van der Waals surface area contributed by atoms with Crippen molar-refractivity contribution < 1.29 is 36.2 Å². The van der Waals surface area contributed by atoms with Gasteiger partial charge in [-0.15, -0.1) is 0 Å². The normalized spacial score (nSPS) is 14.0.